The highest BCUT2D eigenvalue weighted by atomic mass is 32.2. The maximum absolute atomic E-state index is 7.76. The second kappa shape index (κ2) is 8.87. The third-order valence-corrected chi connectivity index (χ3v) is 4.06. The molecule has 1 aromatic rings. The number of ether oxygens (including phenoxy) is 1. The van der Waals surface area contributed by atoms with Gasteiger partial charge in [0.1, 0.15) is 18.2 Å². The van der Waals surface area contributed by atoms with Crippen LogP contribution in [0.5, 0.6) is 5.75 Å². The molecule has 4 nitrogen and oxygen atoms in total. The molecule has 0 aliphatic carbocycles. The number of nitrogens with two attached hydrogens (primary N) is 1. The molecule has 5 heteroatoms. The Labute approximate surface area is 126 Å². The fourth-order valence-corrected chi connectivity index (χ4v) is 2.84. The van der Waals surface area contributed by atoms with Crippen molar-refractivity contribution in [1.82, 2.24) is 4.90 Å². The molecule has 0 bridgehead atoms. The van der Waals surface area contributed by atoms with Crippen molar-refractivity contribution in [3.8, 4) is 5.75 Å². The van der Waals surface area contributed by atoms with E-state index in [4.69, 9.17) is 15.9 Å². The Morgan fingerprint density at radius 3 is 2.55 bits per heavy atom. The van der Waals surface area contributed by atoms with Crippen molar-refractivity contribution in [2.45, 2.75) is 25.7 Å². The van der Waals surface area contributed by atoms with Crippen molar-refractivity contribution in [1.29, 1.82) is 5.41 Å². The first kappa shape index (κ1) is 16.9. The molecule has 0 aliphatic rings. The lowest BCUT2D eigenvalue weighted by Gasteiger charge is -2.19. The van der Waals surface area contributed by atoms with Crippen LogP contribution in [-0.4, -0.2) is 42.7 Å². The van der Waals surface area contributed by atoms with E-state index in [1.54, 1.807) is 11.8 Å². The van der Waals surface area contributed by atoms with E-state index in [1.165, 1.54) is 0 Å². The number of thioether (sulfide) groups is 1. The van der Waals surface area contributed by atoms with Crippen LogP contribution in [-0.2, 0) is 0 Å². The molecule has 0 radical (unpaired) electrons. The second-order valence-corrected chi connectivity index (χ2v) is 5.66. The Hall–Kier alpha value is -1.20. The summed E-state index contributed by atoms with van der Waals surface area (Å²) in [5, 5.41) is 7.76. The number of nitrogens with one attached hydrogen (secondary N) is 1. The molecule has 3 N–H and O–H groups in total. The third-order valence-electron chi connectivity index (χ3n) is 3.12. The molecule has 0 spiro atoms. The van der Waals surface area contributed by atoms with Gasteiger partial charge in [0.15, 0.2) is 0 Å². The molecule has 0 aromatic heterocycles. The Morgan fingerprint density at radius 1 is 1.30 bits per heavy atom. The fourth-order valence-electron chi connectivity index (χ4n) is 2.00. The fraction of sp³-hybridized carbons (Fsp3) is 0.533. The normalized spacial score (nSPS) is 10.8. The lowest BCUT2D eigenvalue weighted by Crippen LogP contribution is -2.28. The summed E-state index contributed by atoms with van der Waals surface area (Å²) in [6.45, 7) is 9.91. The van der Waals surface area contributed by atoms with Gasteiger partial charge in [-0.1, -0.05) is 26.8 Å². The van der Waals surface area contributed by atoms with Gasteiger partial charge in [0.2, 0.25) is 0 Å². The van der Waals surface area contributed by atoms with Crippen LogP contribution in [0.3, 0.4) is 0 Å². The molecule has 0 heterocycles. The Balaban J connectivity index is 2.78. The van der Waals surface area contributed by atoms with Gasteiger partial charge < -0.3 is 15.4 Å². The maximum Gasteiger partial charge on any atom is 0.131 e. The predicted octanol–water partition coefficient (Wildman–Crippen LogP) is 2.80. The number of nitrogen functional groups attached to an aromatic ring is 1. The molecule has 1 aromatic carbocycles. The van der Waals surface area contributed by atoms with Crippen molar-refractivity contribution in [2.75, 3.05) is 32.0 Å². The Kier molecular flexibility index (Phi) is 7.47. The molecule has 112 valence electrons. The SMILES string of the molecule is CCSc1cccc(OCCN(CC)CC)c1C(=N)N. The van der Waals surface area contributed by atoms with E-state index in [0.717, 1.165) is 35.8 Å². The third kappa shape index (κ3) is 4.72. The van der Waals surface area contributed by atoms with E-state index >= 15 is 0 Å². The standard InChI is InChI=1S/C15H25N3OS/c1-4-18(5-2)10-11-19-12-8-7-9-13(20-6-3)14(12)15(16)17/h7-9H,4-6,10-11H2,1-3H3,(H3,16,17). The molecule has 0 atom stereocenters. The average Bonchev–Trinajstić information content (AvgIpc) is 2.44. The van der Waals surface area contributed by atoms with Gasteiger partial charge in [-0.15, -0.1) is 11.8 Å². The number of hydrogen-bond donors (Lipinski definition) is 2. The molecular formula is C15H25N3OS. The largest absolute Gasteiger partial charge is 0.491 e. The first-order valence-corrected chi connectivity index (χ1v) is 8.07. The van der Waals surface area contributed by atoms with Crippen LogP contribution in [0, 0.1) is 5.41 Å². The molecule has 0 saturated carbocycles. The van der Waals surface area contributed by atoms with Gasteiger partial charge in [-0.05, 0) is 31.0 Å². The van der Waals surface area contributed by atoms with E-state index in [-0.39, 0.29) is 5.84 Å². The summed E-state index contributed by atoms with van der Waals surface area (Å²) >= 11 is 1.68. The molecule has 0 unspecified atom stereocenters. The summed E-state index contributed by atoms with van der Waals surface area (Å²) in [6.07, 6.45) is 0. The van der Waals surface area contributed by atoms with Crippen LogP contribution >= 0.6 is 11.8 Å². The molecule has 0 amide bonds. The van der Waals surface area contributed by atoms with Crippen LogP contribution in [0.1, 0.15) is 26.3 Å². The smallest absolute Gasteiger partial charge is 0.131 e. The Bertz CT molecular complexity index is 433. The van der Waals surface area contributed by atoms with E-state index in [2.05, 4.69) is 25.7 Å². The highest BCUT2D eigenvalue weighted by molar-refractivity contribution is 7.99. The minimum absolute atomic E-state index is 0.0689. The highest BCUT2D eigenvalue weighted by Crippen LogP contribution is 2.29. The molecule has 0 saturated heterocycles. The van der Waals surface area contributed by atoms with Crippen molar-refractivity contribution < 1.29 is 4.74 Å². The van der Waals surface area contributed by atoms with Crippen LogP contribution in [0.2, 0.25) is 0 Å². The zero-order valence-electron chi connectivity index (χ0n) is 12.6. The number of likely N-dealkylation sites (N-methyl/N-ethyl adjacent to an activating group) is 1. The van der Waals surface area contributed by atoms with E-state index in [0.29, 0.717) is 12.4 Å². The molecule has 0 aliphatic heterocycles. The summed E-state index contributed by atoms with van der Waals surface area (Å²) < 4.78 is 5.84. The van der Waals surface area contributed by atoms with Gasteiger partial charge in [0, 0.05) is 11.4 Å². The summed E-state index contributed by atoms with van der Waals surface area (Å²) in [5.74, 6) is 1.73. The topological polar surface area (TPSA) is 62.3 Å². The summed E-state index contributed by atoms with van der Waals surface area (Å²) in [4.78, 5) is 3.32. The minimum atomic E-state index is 0.0689. The van der Waals surface area contributed by atoms with Crippen LogP contribution in [0.4, 0.5) is 0 Å². The lowest BCUT2D eigenvalue weighted by atomic mass is 10.2. The summed E-state index contributed by atoms with van der Waals surface area (Å²) in [6, 6.07) is 5.83. The van der Waals surface area contributed by atoms with Gasteiger partial charge in [-0.25, -0.2) is 0 Å². The summed E-state index contributed by atoms with van der Waals surface area (Å²) in [7, 11) is 0. The van der Waals surface area contributed by atoms with Gasteiger partial charge in [-0.2, -0.15) is 0 Å². The first-order valence-electron chi connectivity index (χ1n) is 7.09. The van der Waals surface area contributed by atoms with Gasteiger partial charge in [-0.3, -0.25) is 5.41 Å². The lowest BCUT2D eigenvalue weighted by molar-refractivity contribution is 0.222. The van der Waals surface area contributed by atoms with Crippen LogP contribution in [0.15, 0.2) is 23.1 Å². The zero-order chi connectivity index (χ0) is 15.0. The predicted molar refractivity (Wildman–Crippen MR) is 87.1 cm³/mol. The van der Waals surface area contributed by atoms with E-state index in [9.17, 15) is 0 Å². The second-order valence-electron chi connectivity index (χ2n) is 4.35. The van der Waals surface area contributed by atoms with Crippen LogP contribution in [0.25, 0.3) is 0 Å². The van der Waals surface area contributed by atoms with Gasteiger partial charge in [0.05, 0.1) is 5.56 Å². The zero-order valence-corrected chi connectivity index (χ0v) is 13.4. The minimum Gasteiger partial charge on any atom is -0.491 e. The van der Waals surface area contributed by atoms with Gasteiger partial charge >= 0.3 is 0 Å². The summed E-state index contributed by atoms with van der Waals surface area (Å²) in [5.41, 5.74) is 6.43. The number of rotatable bonds is 9. The molecule has 20 heavy (non-hydrogen) atoms. The number of nitrogens with zero attached hydrogens (tertiary/aromatic N) is 1. The van der Waals surface area contributed by atoms with Crippen molar-refractivity contribution in [3.63, 3.8) is 0 Å². The first-order chi connectivity index (χ1) is 9.63. The molecular weight excluding hydrogens is 270 g/mol. The number of benzene rings is 1. The van der Waals surface area contributed by atoms with Crippen molar-refractivity contribution in [2.24, 2.45) is 5.73 Å². The number of hydrogen-bond acceptors (Lipinski definition) is 4. The average molecular weight is 295 g/mol. The maximum atomic E-state index is 7.76. The van der Waals surface area contributed by atoms with Crippen molar-refractivity contribution >= 4 is 17.6 Å². The molecule has 0 fully saturated rings. The highest BCUT2D eigenvalue weighted by Gasteiger charge is 2.12. The molecule has 1 rings (SSSR count). The number of amidine groups is 1. The van der Waals surface area contributed by atoms with Crippen molar-refractivity contribution in [3.05, 3.63) is 23.8 Å². The van der Waals surface area contributed by atoms with E-state index < -0.39 is 0 Å². The van der Waals surface area contributed by atoms with Gasteiger partial charge in [0.25, 0.3) is 0 Å². The van der Waals surface area contributed by atoms with E-state index in [1.807, 2.05) is 18.2 Å². The Morgan fingerprint density at radius 2 is 2.00 bits per heavy atom. The quantitative estimate of drug-likeness (QED) is 0.418. The monoisotopic (exact) mass is 295 g/mol. The van der Waals surface area contributed by atoms with Crippen LogP contribution < -0.4 is 10.5 Å².